The van der Waals surface area contributed by atoms with Gasteiger partial charge in [0.25, 0.3) is 0 Å². The van der Waals surface area contributed by atoms with Gasteiger partial charge in [0.1, 0.15) is 6.54 Å². The molecule has 2 amide bonds. The smallest absolute Gasteiger partial charge is 0.244 e. The van der Waals surface area contributed by atoms with Crippen LogP contribution >= 0.6 is 0 Å². The molecule has 0 aromatic carbocycles. The molecule has 3 fully saturated rings. The van der Waals surface area contributed by atoms with Gasteiger partial charge in [-0.05, 0) is 32.1 Å². The van der Waals surface area contributed by atoms with E-state index in [2.05, 4.69) is 15.2 Å². The Bertz CT molecular complexity index is 628. The van der Waals surface area contributed by atoms with Gasteiger partial charge in [0.05, 0.1) is 11.6 Å². The van der Waals surface area contributed by atoms with Gasteiger partial charge in [-0.3, -0.25) is 9.59 Å². The second-order valence-corrected chi connectivity index (χ2v) is 7.39. The maximum atomic E-state index is 13.3. The minimum atomic E-state index is -0.380. The number of ether oxygens (including phenoxy) is 1. The zero-order valence-electron chi connectivity index (χ0n) is 14.5. The number of carbonyl (C=O) groups is 2. The average Bonchev–Trinajstić information content (AvgIpc) is 3.29. The lowest BCUT2D eigenvalue weighted by atomic mass is 9.77. The summed E-state index contributed by atoms with van der Waals surface area (Å²) < 4.78 is 6.97. The first-order valence-corrected chi connectivity index (χ1v) is 9.19. The first kappa shape index (κ1) is 16.5. The van der Waals surface area contributed by atoms with E-state index in [1.54, 1.807) is 12.4 Å². The number of amides is 2. The van der Waals surface area contributed by atoms with E-state index in [0.29, 0.717) is 19.1 Å². The van der Waals surface area contributed by atoms with Crippen molar-refractivity contribution in [2.24, 2.45) is 5.41 Å². The Morgan fingerprint density at radius 3 is 2.88 bits per heavy atom. The molecule has 4 heterocycles. The summed E-state index contributed by atoms with van der Waals surface area (Å²) in [4.78, 5) is 29.7. The number of likely N-dealkylation sites (tertiary alicyclic amines) is 2. The van der Waals surface area contributed by atoms with Crippen LogP contribution in [0.3, 0.4) is 0 Å². The van der Waals surface area contributed by atoms with E-state index in [0.717, 1.165) is 51.9 Å². The molecule has 0 aliphatic carbocycles. The summed E-state index contributed by atoms with van der Waals surface area (Å²) in [5.41, 5.74) is -0.380. The van der Waals surface area contributed by atoms with E-state index in [9.17, 15) is 9.59 Å². The molecular weight excluding hydrogens is 322 g/mol. The molecule has 25 heavy (non-hydrogen) atoms. The lowest BCUT2D eigenvalue weighted by Crippen LogP contribution is -2.55. The summed E-state index contributed by atoms with van der Waals surface area (Å²) in [5, 5.41) is 7.58. The zero-order chi connectivity index (χ0) is 17.3. The molecule has 3 aliphatic heterocycles. The third kappa shape index (κ3) is 3.15. The number of carbonyl (C=O) groups excluding carboxylic acids is 2. The van der Waals surface area contributed by atoms with Crippen molar-refractivity contribution in [1.82, 2.24) is 24.8 Å². The Labute approximate surface area is 147 Å². The molecule has 0 radical (unpaired) electrons. The minimum Gasteiger partial charge on any atom is -0.381 e. The average molecular weight is 347 g/mol. The number of nitrogens with zero attached hydrogens (tertiary/aromatic N) is 5. The van der Waals surface area contributed by atoms with E-state index < -0.39 is 0 Å². The molecule has 1 spiro atoms. The molecule has 4 rings (SSSR count). The van der Waals surface area contributed by atoms with Crippen LogP contribution in [0.1, 0.15) is 32.1 Å². The summed E-state index contributed by atoms with van der Waals surface area (Å²) in [6.07, 6.45) is 7.78. The summed E-state index contributed by atoms with van der Waals surface area (Å²) in [7, 11) is 0. The quantitative estimate of drug-likeness (QED) is 0.785. The Balaban J connectivity index is 1.42. The zero-order valence-corrected chi connectivity index (χ0v) is 14.5. The highest BCUT2D eigenvalue weighted by Crippen LogP contribution is 2.41. The maximum Gasteiger partial charge on any atom is 0.244 e. The largest absolute Gasteiger partial charge is 0.381 e. The standard InChI is InChI=1S/C17H25N5O3/c23-15(12-21-9-6-18-19-21)20-8-5-17(13-20)4-1-7-22(16(17)24)14-2-10-25-11-3-14/h6,9,14H,1-5,7-8,10-13H2/t17-/m0/s1. The molecule has 136 valence electrons. The van der Waals surface area contributed by atoms with Crippen molar-refractivity contribution in [2.45, 2.75) is 44.7 Å². The number of hydrogen-bond donors (Lipinski definition) is 0. The lowest BCUT2D eigenvalue weighted by molar-refractivity contribution is -0.151. The third-order valence-corrected chi connectivity index (χ3v) is 5.88. The predicted octanol–water partition coefficient (Wildman–Crippen LogP) is 0.298. The van der Waals surface area contributed by atoms with E-state index >= 15 is 0 Å². The van der Waals surface area contributed by atoms with Crippen LogP contribution in [0.15, 0.2) is 12.4 Å². The lowest BCUT2D eigenvalue weighted by Gasteiger charge is -2.44. The molecule has 1 atom stereocenters. The highest BCUT2D eigenvalue weighted by atomic mass is 16.5. The van der Waals surface area contributed by atoms with Crippen LogP contribution in [0.25, 0.3) is 0 Å². The Kier molecular flexibility index (Phi) is 4.45. The van der Waals surface area contributed by atoms with Crippen LogP contribution in [0, 0.1) is 5.41 Å². The fraction of sp³-hybridized carbons (Fsp3) is 0.765. The Morgan fingerprint density at radius 2 is 2.12 bits per heavy atom. The van der Waals surface area contributed by atoms with Gasteiger partial charge in [0, 0.05) is 45.1 Å². The van der Waals surface area contributed by atoms with Crippen molar-refractivity contribution in [1.29, 1.82) is 0 Å². The van der Waals surface area contributed by atoms with Crippen molar-refractivity contribution in [3.8, 4) is 0 Å². The summed E-state index contributed by atoms with van der Waals surface area (Å²) in [5.74, 6) is 0.264. The Hall–Kier alpha value is -1.96. The minimum absolute atomic E-state index is 0.0124. The topological polar surface area (TPSA) is 80.6 Å². The summed E-state index contributed by atoms with van der Waals surface area (Å²) in [6, 6.07) is 0.304. The first-order valence-electron chi connectivity index (χ1n) is 9.19. The van der Waals surface area contributed by atoms with Gasteiger partial charge >= 0.3 is 0 Å². The third-order valence-electron chi connectivity index (χ3n) is 5.88. The molecule has 0 unspecified atom stereocenters. The molecule has 8 nitrogen and oxygen atoms in total. The van der Waals surface area contributed by atoms with Gasteiger partial charge in [-0.2, -0.15) is 0 Å². The monoisotopic (exact) mass is 347 g/mol. The second-order valence-electron chi connectivity index (χ2n) is 7.39. The molecule has 3 saturated heterocycles. The van der Waals surface area contributed by atoms with Crippen molar-refractivity contribution in [2.75, 3.05) is 32.8 Å². The highest BCUT2D eigenvalue weighted by molar-refractivity contribution is 5.86. The molecule has 3 aliphatic rings. The van der Waals surface area contributed by atoms with E-state index in [-0.39, 0.29) is 23.8 Å². The van der Waals surface area contributed by atoms with Crippen LogP contribution in [0.4, 0.5) is 0 Å². The van der Waals surface area contributed by atoms with Crippen molar-refractivity contribution >= 4 is 11.8 Å². The Morgan fingerprint density at radius 1 is 1.28 bits per heavy atom. The molecular formula is C17H25N5O3. The van der Waals surface area contributed by atoms with Gasteiger partial charge in [0.2, 0.25) is 11.8 Å². The predicted molar refractivity (Wildman–Crippen MR) is 88.4 cm³/mol. The molecule has 1 aromatic heterocycles. The van der Waals surface area contributed by atoms with Gasteiger partial charge in [-0.1, -0.05) is 5.21 Å². The second kappa shape index (κ2) is 6.74. The van der Waals surface area contributed by atoms with Crippen LogP contribution in [-0.2, 0) is 20.9 Å². The number of rotatable bonds is 3. The number of piperidine rings is 1. The molecule has 0 bridgehead atoms. The number of aromatic nitrogens is 3. The molecule has 1 aromatic rings. The first-order chi connectivity index (χ1) is 12.2. The highest BCUT2D eigenvalue weighted by Gasteiger charge is 2.50. The normalized spacial score (nSPS) is 28.1. The fourth-order valence-electron chi connectivity index (χ4n) is 4.47. The summed E-state index contributed by atoms with van der Waals surface area (Å²) >= 11 is 0. The van der Waals surface area contributed by atoms with E-state index in [4.69, 9.17) is 4.74 Å². The van der Waals surface area contributed by atoms with Crippen molar-refractivity contribution in [3.05, 3.63) is 12.4 Å². The molecule has 0 saturated carbocycles. The van der Waals surface area contributed by atoms with Crippen LogP contribution in [0.2, 0.25) is 0 Å². The number of hydrogen-bond acceptors (Lipinski definition) is 5. The molecule has 0 N–H and O–H groups in total. The van der Waals surface area contributed by atoms with Gasteiger partial charge < -0.3 is 14.5 Å². The fourth-order valence-corrected chi connectivity index (χ4v) is 4.47. The van der Waals surface area contributed by atoms with Gasteiger partial charge in [-0.15, -0.1) is 5.10 Å². The summed E-state index contributed by atoms with van der Waals surface area (Å²) in [6.45, 7) is 3.71. The maximum absolute atomic E-state index is 13.3. The van der Waals surface area contributed by atoms with Crippen LogP contribution in [0.5, 0.6) is 0 Å². The van der Waals surface area contributed by atoms with Crippen molar-refractivity contribution < 1.29 is 14.3 Å². The van der Waals surface area contributed by atoms with Crippen molar-refractivity contribution in [3.63, 3.8) is 0 Å². The van der Waals surface area contributed by atoms with E-state index in [1.165, 1.54) is 4.68 Å². The van der Waals surface area contributed by atoms with Crippen LogP contribution < -0.4 is 0 Å². The molecule has 8 heteroatoms. The SMILES string of the molecule is O=C(Cn1ccnn1)N1CC[C@@]2(CCCN(C3CCOCC3)C2=O)C1. The van der Waals surface area contributed by atoms with Gasteiger partial charge in [0.15, 0.2) is 0 Å². The van der Waals surface area contributed by atoms with Crippen LogP contribution in [-0.4, -0.2) is 75.5 Å². The van der Waals surface area contributed by atoms with Gasteiger partial charge in [-0.25, -0.2) is 4.68 Å². The van der Waals surface area contributed by atoms with E-state index in [1.807, 2.05) is 4.90 Å².